The van der Waals surface area contributed by atoms with Gasteiger partial charge in [0.25, 0.3) is 0 Å². The standard InChI is InChI=1S/C12H17NO2/c1-2-3-8-11(13)9-6-4-5-7-10(9)12(14)15/h4-7,11H,2-3,8,13H2,1H3,(H,14,15)/t11-/m0/s1. The molecule has 1 atom stereocenters. The molecule has 0 spiro atoms. The van der Waals surface area contributed by atoms with Crippen LogP contribution in [0.25, 0.3) is 0 Å². The van der Waals surface area contributed by atoms with E-state index in [1.807, 2.05) is 6.07 Å². The topological polar surface area (TPSA) is 63.3 Å². The number of carboxylic acid groups (broad SMARTS) is 1. The van der Waals surface area contributed by atoms with E-state index >= 15 is 0 Å². The molecule has 0 unspecified atom stereocenters. The molecule has 82 valence electrons. The zero-order chi connectivity index (χ0) is 11.3. The van der Waals surface area contributed by atoms with Crippen molar-refractivity contribution in [3.8, 4) is 0 Å². The number of unbranched alkanes of at least 4 members (excludes halogenated alkanes) is 1. The Balaban J connectivity index is 2.87. The van der Waals surface area contributed by atoms with Gasteiger partial charge in [-0.05, 0) is 18.1 Å². The van der Waals surface area contributed by atoms with Crippen LogP contribution in [-0.4, -0.2) is 11.1 Å². The lowest BCUT2D eigenvalue weighted by Crippen LogP contribution is -2.14. The van der Waals surface area contributed by atoms with Gasteiger partial charge < -0.3 is 10.8 Å². The molecule has 0 aliphatic heterocycles. The Bertz CT molecular complexity index is 336. The second kappa shape index (κ2) is 5.51. The summed E-state index contributed by atoms with van der Waals surface area (Å²) in [6, 6.07) is 6.78. The zero-order valence-electron chi connectivity index (χ0n) is 8.94. The highest BCUT2D eigenvalue weighted by molar-refractivity contribution is 5.89. The average Bonchev–Trinajstić information content (AvgIpc) is 2.25. The summed E-state index contributed by atoms with van der Waals surface area (Å²) in [6.45, 7) is 2.09. The molecule has 0 radical (unpaired) electrons. The molecule has 0 aromatic heterocycles. The molecule has 3 nitrogen and oxygen atoms in total. The van der Waals surface area contributed by atoms with Crippen molar-refractivity contribution in [2.75, 3.05) is 0 Å². The highest BCUT2D eigenvalue weighted by atomic mass is 16.4. The first-order chi connectivity index (χ1) is 7.16. The highest BCUT2D eigenvalue weighted by Gasteiger charge is 2.14. The van der Waals surface area contributed by atoms with Gasteiger partial charge in [0.15, 0.2) is 0 Å². The molecule has 1 aromatic carbocycles. The van der Waals surface area contributed by atoms with Gasteiger partial charge in [-0.2, -0.15) is 0 Å². The smallest absolute Gasteiger partial charge is 0.336 e. The Morgan fingerprint density at radius 3 is 2.73 bits per heavy atom. The molecule has 0 saturated heterocycles. The Hall–Kier alpha value is -1.35. The van der Waals surface area contributed by atoms with E-state index in [1.54, 1.807) is 18.2 Å². The van der Waals surface area contributed by atoms with Crippen LogP contribution >= 0.6 is 0 Å². The van der Waals surface area contributed by atoms with E-state index in [4.69, 9.17) is 10.8 Å². The molecule has 0 aliphatic rings. The van der Waals surface area contributed by atoms with Crippen LogP contribution in [0.3, 0.4) is 0 Å². The minimum absolute atomic E-state index is 0.169. The lowest BCUT2D eigenvalue weighted by molar-refractivity contribution is 0.0695. The van der Waals surface area contributed by atoms with E-state index in [0.29, 0.717) is 5.56 Å². The number of rotatable bonds is 5. The van der Waals surface area contributed by atoms with Crippen LogP contribution in [0.1, 0.15) is 48.1 Å². The van der Waals surface area contributed by atoms with Crippen molar-refractivity contribution in [3.05, 3.63) is 35.4 Å². The quantitative estimate of drug-likeness (QED) is 0.780. The number of hydrogen-bond donors (Lipinski definition) is 2. The maximum Gasteiger partial charge on any atom is 0.336 e. The Labute approximate surface area is 89.9 Å². The molecule has 1 aromatic rings. The summed E-state index contributed by atoms with van der Waals surface area (Å²) in [4.78, 5) is 10.9. The third kappa shape index (κ3) is 3.06. The maximum atomic E-state index is 10.9. The molecular formula is C12H17NO2. The lowest BCUT2D eigenvalue weighted by Gasteiger charge is -2.13. The van der Waals surface area contributed by atoms with Crippen molar-refractivity contribution >= 4 is 5.97 Å². The molecule has 1 rings (SSSR count). The van der Waals surface area contributed by atoms with Crippen molar-refractivity contribution in [3.63, 3.8) is 0 Å². The van der Waals surface area contributed by atoms with E-state index in [9.17, 15) is 4.79 Å². The molecule has 0 heterocycles. The first-order valence-electron chi connectivity index (χ1n) is 5.24. The summed E-state index contributed by atoms with van der Waals surface area (Å²) in [5.74, 6) is -0.905. The molecular weight excluding hydrogens is 190 g/mol. The molecule has 3 heteroatoms. The van der Waals surface area contributed by atoms with Crippen molar-refractivity contribution < 1.29 is 9.90 Å². The number of carbonyl (C=O) groups is 1. The minimum atomic E-state index is -0.905. The fraction of sp³-hybridized carbons (Fsp3) is 0.417. The summed E-state index contributed by atoms with van der Waals surface area (Å²) in [6.07, 6.45) is 2.93. The lowest BCUT2D eigenvalue weighted by atomic mass is 9.97. The Kier molecular flexibility index (Phi) is 4.31. The predicted molar refractivity (Wildman–Crippen MR) is 59.9 cm³/mol. The van der Waals surface area contributed by atoms with Crippen LogP contribution in [0.2, 0.25) is 0 Å². The van der Waals surface area contributed by atoms with Crippen molar-refractivity contribution in [2.45, 2.75) is 32.2 Å². The second-order valence-corrected chi connectivity index (χ2v) is 3.64. The summed E-state index contributed by atoms with van der Waals surface area (Å²) in [5, 5.41) is 8.98. The summed E-state index contributed by atoms with van der Waals surface area (Å²) >= 11 is 0. The third-order valence-corrected chi connectivity index (χ3v) is 2.46. The van der Waals surface area contributed by atoms with Gasteiger partial charge in [0.2, 0.25) is 0 Å². The normalized spacial score (nSPS) is 12.4. The van der Waals surface area contributed by atoms with Crippen LogP contribution in [-0.2, 0) is 0 Å². The largest absolute Gasteiger partial charge is 0.478 e. The maximum absolute atomic E-state index is 10.9. The van der Waals surface area contributed by atoms with Crippen LogP contribution in [0.4, 0.5) is 0 Å². The Morgan fingerprint density at radius 1 is 1.47 bits per heavy atom. The van der Waals surface area contributed by atoms with Gasteiger partial charge in [-0.25, -0.2) is 4.79 Å². The highest BCUT2D eigenvalue weighted by Crippen LogP contribution is 2.20. The molecule has 15 heavy (non-hydrogen) atoms. The zero-order valence-corrected chi connectivity index (χ0v) is 8.94. The fourth-order valence-corrected chi connectivity index (χ4v) is 1.59. The van der Waals surface area contributed by atoms with Gasteiger partial charge in [-0.3, -0.25) is 0 Å². The van der Waals surface area contributed by atoms with E-state index in [0.717, 1.165) is 24.8 Å². The van der Waals surface area contributed by atoms with Gasteiger partial charge in [-0.1, -0.05) is 38.0 Å². The molecule has 0 fully saturated rings. The minimum Gasteiger partial charge on any atom is -0.478 e. The summed E-state index contributed by atoms with van der Waals surface area (Å²) in [7, 11) is 0. The predicted octanol–water partition coefficient (Wildman–Crippen LogP) is 2.57. The molecule has 3 N–H and O–H groups in total. The molecule has 0 bridgehead atoms. The van der Waals surface area contributed by atoms with E-state index in [-0.39, 0.29) is 6.04 Å². The summed E-state index contributed by atoms with van der Waals surface area (Å²) in [5.41, 5.74) is 7.01. The van der Waals surface area contributed by atoms with E-state index in [1.165, 1.54) is 0 Å². The van der Waals surface area contributed by atoms with Gasteiger partial charge in [-0.15, -0.1) is 0 Å². The van der Waals surface area contributed by atoms with Crippen LogP contribution < -0.4 is 5.73 Å². The molecule has 0 amide bonds. The monoisotopic (exact) mass is 207 g/mol. The van der Waals surface area contributed by atoms with Crippen molar-refractivity contribution in [1.82, 2.24) is 0 Å². The van der Waals surface area contributed by atoms with Crippen molar-refractivity contribution in [2.24, 2.45) is 5.73 Å². The number of carboxylic acids is 1. The van der Waals surface area contributed by atoms with Gasteiger partial charge in [0.1, 0.15) is 0 Å². The number of benzene rings is 1. The van der Waals surface area contributed by atoms with Crippen LogP contribution in [0, 0.1) is 0 Å². The van der Waals surface area contributed by atoms with Crippen LogP contribution in [0.15, 0.2) is 24.3 Å². The SMILES string of the molecule is CCCC[C@H](N)c1ccccc1C(=O)O. The third-order valence-electron chi connectivity index (χ3n) is 2.46. The molecule has 0 aliphatic carbocycles. The van der Waals surface area contributed by atoms with Crippen LogP contribution in [0.5, 0.6) is 0 Å². The average molecular weight is 207 g/mol. The van der Waals surface area contributed by atoms with Gasteiger partial charge in [0.05, 0.1) is 5.56 Å². The number of aromatic carboxylic acids is 1. The number of hydrogen-bond acceptors (Lipinski definition) is 2. The van der Waals surface area contributed by atoms with E-state index in [2.05, 4.69) is 6.92 Å². The Morgan fingerprint density at radius 2 is 2.13 bits per heavy atom. The van der Waals surface area contributed by atoms with E-state index < -0.39 is 5.97 Å². The second-order valence-electron chi connectivity index (χ2n) is 3.64. The fourth-order valence-electron chi connectivity index (χ4n) is 1.59. The van der Waals surface area contributed by atoms with Gasteiger partial charge >= 0.3 is 5.97 Å². The first kappa shape index (κ1) is 11.7. The van der Waals surface area contributed by atoms with Gasteiger partial charge in [0, 0.05) is 6.04 Å². The first-order valence-corrected chi connectivity index (χ1v) is 5.24. The van der Waals surface area contributed by atoms with Crippen molar-refractivity contribution in [1.29, 1.82) is 0 Å². The summed E-state index contributed by atoms with van der Waals surface area (Å²) < 4.78 is 0. The molecule has 0 saturated carbocycles. The number of nitrogens with two attached hydrogens (primary N) is 1.